The standard InChI is InChI=1S/C14H21N3O2/c1-9-7-12(10(2)16-9)13(18)8-17-5-3-11(4-6-17)14(15)19/h7,11,16H,3-6,8H2,1-2H3,(H2,15,19). The second kappa shape index (κ2) is 5.57. The van der Waals surface area contributed by atoms with Gasteiger partial charge in [0.05, 0.1) is 6.54 Å². The largest absolute Gasteiger partial charge is 0.369 e. The average molecular weight is 263 g/mol. The lowest BCUT2D eigenvalue weighted by Crippen LogP contribution is -2.40. The molecule has 1 aromatic heterocycles. The van der Waals surface area contributed by atoms with Gasteiger partial charge >= 0.3 is 0 Å². The summed E-state index contributed by atoms with van der Waals surface area (Å²) in [6, 6.07) is 1.90. The number of aromatic amines is 1. The normalized spacial score (nSPS) is 17.6. The second-order valence-corrected chi connectivity index (χ2v) is 5.37. The van der Waals surface area contributed by atoms with Crippen molar-refractivity contribution in [2.24, 2.45) is 11.7 Å². The fourth-order valence-electron chi connectivity index (χ4n) is 2.68. The van der Waals surface area contributed by atoms with Gasteiger partial charge < -0.3 is 10.7 Å². The summed E-state index contributed by atoms with van der Waals surface area (Å²) in [6.07, 6.45) is 1.52. The van der Waals surface area contributed by atoms with Gasteiger partial charge in [0.1, 0.15) is 0 Å². The molecule has 104 valence electrons. The summed E-state index contributed by atoms with van der Waals surface area (Å²) < 4.78 is 0. The van der Waals surface area contributed by atoms with Gasteiger partial charge in [-0.3, -0.25) is 14.5 Å². The van der Waals surface area contributed by atoms with E-state index < -0.39 is 0 Å². The van der Waals surface area contributed by atoms with Gasteiger partial charge in [0.15, 0.2) is 5.78 Å². The molecule has 5 heteroatoms. The Balaban J connectivity index is 1.91. The van der Waals surface area contributed by atoms with Crippen molar-refractivity contribution in [3.8, 4) is 0 Å². The zero-order valence-electron chi connectivity index (χ0n) is 11.5. The van der Waals surface area contributed by atoms with E-state index in [1.165, 1.54) is 0 Å². The van der Waals surface area contributed by atoms with Gasteiger partial charge in [-0.25, -0.2) is 0 Å². The number of nitrogens with two attached hydrogens (primary N) is 1. The highest BCUT2D eigenvalue weighted by Crippen LogP contribution is 2.18. The molecular weight excluding hydrogens is 242 g/mol. The minimum atomic E-state index is -0.219. The number of piperidine rings is 1. The molecule has 1 saturated heterocycles. The van der Waals surface area contributed by atoms with Gasteiger partial charge in [-0.15, -0.1) is 0 Å². The Bertz CT molecular complexity index is 485. The molecule has 0 atom stereocenters. The minimum Gasteiger partial charge on any atom is -0.369 e. The van der Waals surface area contributed by atoms with Crippen molar-refractivity contribution in [3.63, 3.8) is 0 Å². The molecule has 5 nitrogen and oxygen atoms in total. The molecule has 1 aliphatic rings. The number of nitrogens with zero attached hydrogens (tertiary/aromatic N) is 1. The van der Waals surface area contributed by atoms with E-state index in [-0.39, 0.29) is 17.6 Å². The van der Waals surface area contributed by atoms with Crippen LogP contribution in [0.4, 0.5) is 0 Å². The number of amides is 1. The monoisotopic (exact) mass is 263 g/mol. The van der Waals surface area contributed by atoms with E-state index in [9.17, 15) is 9.59 Å². The molecule has 2 rings (SSSR count). The summed E-state index contributed by atoms with van der Waals surface area (Å²) >= 11 is 0. The summed E-state index contributed by atoms with van der Waals surface area (Å²) in [5.74, 6) is -0.106. The lowest BCUT2D eigenvalue weighted by atomic mass is 9.96. The van der Waals surface area contributed by atoms with E-state index in [1.807, 2.05) is 19.9 Å². The van der Waals surface area contributed by atoms with Crippen LogP contribution in [-0.4, -0.2) is 41.2 Å². The Morgan fingerprint density at radius 1 is 1.37 bits per heavy atom. The molecule has 0 unspecified atom stereocenters. The number of primary amides is 1. The highest BCUT2D eigenvalue weighted by molar-refractivity contribution is 5.98. The number of nitrogens with one attached hydrogen (secondary N) is 1. The quantitative estimate of drug-likeness (QED) is 0.796. The molecule has 0 spiro atoms. The number of H-pyrrole nitrogens is 1. The van der Waals surface area contributed by atoms with Gasteiger partial charge in [0.25, 0.3) is 0 Å². The van der Waals surface area contributed by atoms with Crippen molar-refractivity contribution in [1.82, 2.24) is 9.88 Å². The highest BCUT2D eigenvalue weighted by atomic mass is 16.1. The predicted octanol–water partition coefficient (Wildman–Crippen LogP) is 1.01. The number of carbonyl (C=O) groups excluding carboxylic acids is 2. The maximum Gasteiger partial charge on any atom is 0.220 e. The van der Waals surface area contributed by atoms with E-state index >= 15 is 0 Å². The van der Waals surface area contributed by atoms with Crippen molar-refractivity contribution in [1.29, 1.82) is 0 Å². The van der Waals surface area contributed by atoms with Crippen LogP contribution in [0, 0.1) is 19.8 Å². The van der Waals surface area contributed by atoms with Crippen LogP contribution in [0.3, 0.4) is 0 Å². The molecule has 0 aliphatic carbocycles. The zero-order valence-corrected chi connectivity index (χ0v) is 11.5. The van der Waals surface area contributed by atoms with Crippen molar-refractivity contribution in [2.45, 2.75) is 26.7 Å². The van der Waals surface area contributed by atoms with Crippen molar-refractivity contribution in [2.75, 3.05) is 19.6 Å². The van der Waals surface area contributed by atoms with Crippen LogP contribution < -0.4 is 5.73 Å². The molecule has 1 aliphatic heterocycles. The van der Waals surface area contributed by atoms with Crippen LogP contribution in [-0.2, 0) is 4.79 Å². The Morgan fingerprint density at radius 2 is 2.00 bits per heavy atom. The number of Topliss-reactive ketones (excluding diaryl/α,β-unsaturated/α-hetero) is 1. The lowest BCUT2D eigenvalue weighted by Gasteiger charge is -2.29. The van der Waals surface area contributed by atoms with E-state index in [0.29, 0.717) is 6.54 Å². The number of rotatable bonds is 4. The number of aromatic nitrogens is 1. The topological polar surface area (TPSA) is 79.2 Å². The summed E-state index contributed by atoms with van der Waals surface area (Å²) in [6.45, 7) is 5.81. The fraction of sp³-hybridized carbons (Fsp3) is 0.571. The minimum absolute atomic E-state index is 0.0254. The molecule has 0 bridgehead atoms. The van der Waals surface area contributed by atoms with Gasteiger partial charge in [-0.1, -0.05) is 0 Å². The summed E-state index contributed by atoms with van der Waals surface area (Å²) in [5, 5.41) is 0. The summed E-state index contributed by atoms with van der Waals surface area (Å²) in [5.41, 5.74) is 8.00. The van der Waals surface area contributed by atoms with Crippen molar-refractivity contribution >= 4 is 11.7 Å². The molecule has 1 amide bonds. The molecule has 19 heavy (non-hydrogen) atoms. The number of hydrogen-bond donors (Lipinski definition) is 2. The Hall–Kier alpha value is -1.62. The Labute approximate surface area is 113 Å². The van der Waals surface area contributed by atoms with Crippen LogP contribution >= 0.6 is 0 Å². The third-order valence-corrected chi connectivity index (χ3v) is 3.81. The second-order valence-electron chi connectivity index (χ2n) is 5.37. The lowest BCUT2D eigenvalue weighted by molar-refractivity contribution is -0.123. The first-order valence-electron chi connectivity index (χ1n) is 6.68. The number of aryl methyl sites for hydroxylation is 2. The number of carbonyl (C=O) groups is 2. The molecule has 3 N–H and O–H groups in total. The van der Waals surface area contributed by atoms with Gasteiger partial charge in [0, 0.05) is 22.9 Å². The zero-order chi connectivity index (χ0) is 14.0. The molecule has 0 radical (unpaired) electrons. The maximum absolute atomic E-state index is 12.2. The van der Waals surface area contributed by atoms with E-state index in [0.717, 1.165) is 42.9 Å². The number of hydrogen-bond acceptors (Lipinski definition) is 3. The van der Waals surface area contributed by atoms with Crippen LogP contribution in [0.2, 0.25) is 0 Å². The smallest absolute Gasteiger partial charge is 0.220 e. The SMILES string of the molecule is Cc1cc(C(=O)CN2CCC(C(N)=O)CC2)c(C)[nH]1. The van der Waals surface area contributed by atoms with Crippen LogP contribution in [0.5, 0.6) is 0 Å². The summed E-state index contributed by atoms with van der Waals surface area (Å²) in [7, 11) is 0. The van der Waals surface area contributed by atoms with E-state index in [4.69, 9.17) is 5.73 Å². The first-order chi connectivity index (χ1) is 8.97. The van der Waals surface area contributed by atoms with Gasteiger partial charge in [0.2, 0.25) is 5.91 Å². The van der Waals surface area contributed by atoms with Gasteiger partial charge in [-0.05, 0) is 45.8 Å². The first kappa shape index (κ1) is 13.8. The maximum atomic E-state index is 12.2. The van der Waals surface area contributed by atoms with Gasteiger partial charge in [-0.2, -0.15) is 0 Å². The summed E-state index contributed by atoms with van der Waals surface area (Å²) in [4.78, 5) is 28.5. The molecular formula is C14H21N3O2. The average Bonchev–Trinajstić information content (AvgIpc) is 2.69. The molecule has 1 aromatic rings. The molecule has 0 aromatic carbocycles. The Kier molecular flexibility index (Phi) is 4.04. The van der Waals surface area contributed by atoms with Crippen LogP contribution in [0.25, 0.3) is 0 Å². The predicted molar refractivity (Wildman–Crippen MR) is 73.0 cm³/mol. The molecule has 2 heterocycles. The molecule has 0 saturated carbocycles. The van der Waals surface area contributed by atoms with E-state index in [2.05, 4.69) is 9.88 Å². The van der Waals surface area contributed by atoms with Crippen molar-refractivity contribution < 1.29 is 9.59 Å². The third kappa shape index (κ3) is 3.23. The highest BCUT2D eigenvalue weighted by Gasteiger charge is 2.24. The fourth-order valence-corrected chi connectivity index (χ4v) is 2.68. The third-order valence-electron chi connectivity index (χ3n) is 3.81. The number of likely N-dealkylation sites (tertiary alicyclic amines) is 1. The first-order valence-corrected chi connectivity index (χ1v) is 6.68. The molecule has 1 fully saturated rings. The number of ketones is 1. The van der Waals surface area contributed by atoms with Crippen molar-refractivity contribution in [3.05, 3.63) is 23.0 Å². The van der Waals surface area contributed by atoms with Crippen LogP contribution in [0.15, 0.2) is 6.07 Å². The van der Waals surface area contributed by atoms with Crippen LogP contribution in [0.1, 0.15) is 34.6 Å². The van der Waals surface area contributed by atoms with E-state index in [1.54, 1.807) is 0 Å². The Morgan fingerprint density at radius 3 is 2.47 bits per heavy atom.